The molecule has 0 unspecified atom stereocenters. The fourth-order valence-corrected chi connectivity index (χ4v) is 2.46. The summed E-state index contributed by atoms with van der Waals surface area (Å²) in [4.78, 5) is 34.8. The first-order valence-corrected chi connectivity index (χ1v) is 7.83. The maximum absolute atomic E-state index is 12.5. The topological polar surface area (TPSA) is 98.3 Å². The van der Waals surface area contributed by atoms with E-state index < -0.39 is 11.9 Å². The fraction of sp³-hybridized carbons (Fsp3) is 0.211. The third-order valence-corrected chi connectivity index (χ3v) is 3.48. The number of aliphatic carboxylic acids is 1. The molecule has 6 nitrogen and oxygen atoms in total. The van der Waals surface area contributed by atoms with Crippen LogP contribution in [0, 0.1) is 13.8 Å². The molecule has 2 aromatic rings. The largest absolute Gasteiger partial charge is 0.550 e. The monoisotopic (exact) mass is 339 g/mol. The molecule has 2 rings (SSSR count). The summed E-state index contributed by atoms with van der Waals surface area (Å²) in [5.41, 5.74) is 3.34. The van der Waals surface area contributed by atoms with Crippen LogP contribution in [0.1, 0.15) is 34.3 Å². The highest BCUT2D eigenvalue weighted by molar-refractivity contribution is 6.10. The lowest BCUT2D eigenvalue weighted by atomic mass is 10.1. The van der Waals surface area contributed by atoms with Crippen LogP contribution in [-0.2, 0) is 9.59 Å². The van der Waals surface area contributed by atoms with Gasteiger partial charge in [-0.15, -0.1) is 0 Å². The Hall–Kier alpha value is -3.15. The van der Waals surface area contributed by atoms with Crippen LogP contribution >= 0.6 is 0 Å². The number of hydrogen-bond acceptors (Lipinski definition) is 4. The first-order chi connectivity index (χ1) is 11.8. The van der Waals surface area contributed by atoms with Crippen LogP contribution in [0.2, 0.25) is 0 Å². The molecule has 0 aliphatic heterocycles. The number of carbonyl (C=O) groups excluding carboxylic acids is 3. The summed E-state index contributed by atoms with van der Waals surface area (Å²) in [5, 5.41) is 15.8. The number of carbonyl (C=O) groups is 3. The highest BCUT2D eigenvalue weighted by atomic mass is 16.4. The highest BCUT2D eigenvalue weighted by Crippen LogP contribution is 2.19. The van der Waals surface area contributed by atoms with Gasteiger partial charge in [0.1, 0.15) is 0 Å². The second-order valence-electron chi connectivity index (χ2n) is 5.80. The Balaban J connectivity index is 2.14. The van der Waals surface area contributed by atoms with Crippen molar-refractivity contribution in [3.63, 3.8) is 0 Å². The Labute approximate surface area is 145 Å². The third-order valence-electron chi connectivity index (χ3n) is 3.48. The quantitative estimate of drug-likeness (QED) is 0.841. The van der Waals surface area contributed by atoms with E-state index in [9.17, 15) is 19.5 Å². The van der Waals surface area contributed by atoms with Crippen molar-refractivity contribution in [1.29, 1.82) is 0 Å². The van der Waals surface area contributed by atoms with E-state index >= 15 is 0 Å². The van der Waals surface area contributed by atoms with Gasteiger partial charge in [0.15, 0.2) is 0 Å². The number of carboxylic acids is 1. The van der Waals surface area contributed by atoms with Crippen LogP contribution in [-0.4, -0.2) is 17.8 Å². The molecule has 0 aliphatic rings. The maximum atomic E-state index is 12.5. The summed E-state index contributed by atoms with van der Waals surface area (Å²) in [6.07, 6.45) is -0.585. The molecule has 6 heteroatoms. The molecule has 0 atom stereocenters. The minimum Gasteiger partial charge on any atom is -0.550 e. The average Bonchev–Trinajstić information content (AvgIpc) is 2.52. The molecule has 25 heavy (non-hydrogen) atoms. The van der Waals surface area contributed by atoms with Crippen LogP contribution in [0.15, 0.2) is 42.5 Å². The summed E-state index contributed by atoms with van der Waals surface area (Å²) in [5.74, 6) is -2.15. The smallest absolute Gasteiger partial charge is 0.257 e. The van der Waals surface area contributed by atoms with Gasteiger partial charge in [0.25, 0.3) is 5.91 Å². The van der Waals surface area contributed by atoms with Crippen molar-refractivity contribution >= 4 is 29.2 Å². The molecule has 2 amide bonds. The van der Waals surface area contributed by atoms with E-state index in [-0.39, 0.29) is 18.7 Å². The van der Waals surface area contributed by atoms with Crippen LogP contribution in [0.25, 0.3) is 0 Å². The predicted molar refractivity (Wildman–Crippen MR) is 93.2 cm³/mol. The number of hydrogen-bond donors (Lipinski definition) is 2. The molecule has 130 valence electrons. The second kappa shape index (κ2) is 8.10. The minimum absolute atomic E-state index is 0.213. The Morgan fingerprint density at radius 2 is 1.56 bits per heavy atom. The van der Waals surface area contributed by atoms with E-state index in [4.69, 9.17) is 0 Å². The number of carboxylic acid groups (broad SMARTS) is 1. The Bertz CT molecular complexity index is 795. The van der Waals surface area contributed by atoms with Gasteiger partial charge in [-0.05, 0) is 55.7 Å². The molecule has 0 radical (unpaired) electrons. The van der Waals surface area contributed by atoms with Gasteiger partial charge in [0.2, 0.25) is 5.91 Å². The first-order valence-electron chi connectivity index (χ1n) is 7.83. The molecule has 0 saturated heterocycles. The molecule has 2 aromatic carbocycles. The molecule has 0 aromatic heterocycles. The molecular weight excluding hydrogens is 320 g/mol. The molecule has 2 N–H and O–H groups in total. The van der Waals surface area contributed by atoms with Crippen molar-refractivity contribution in [3.05, 3.63) is 59.2 Å². The van der Waals surface area contributed by atoms with E-state index in [1.54, 1.807) is 24.3 Å². The van der Waals surface area contributed by atoms with Gasteiger partial charge in [-0.3, -0.25) is 9.59 Å². The summed E-state index contributed by atoms with van der Waals surface area (Å²) >= 11 is 0. The number of nitrogens with one attached hydrogen (secondary N) is 2. The molecular formula is C19H19N2O4-. The van der Waals surface area contributed by atoms with Gasteiger partial charge in [-0.2, -0.15) is 0 Å². The SMILES string of the molecule is Cc1cc(C)cc(NC(=O)c2ccccc2NC(=O)CCC(=O)[O-])c1. The third kappa shape index (κ3) is 5.46. The van der Waals surface area contributed by atoms with Crippen LogP contribution in [0.3, 0.4) is 0 Å². The van der Waals surface area contributed by atoms with Gasteiger partial charge in [-0.1, -0.05) is 18.2 Å². The minimum atomic E-state index is -1.30. The number of rotatable bonds is 6. The predicted octanol–water partition coefficient (Wildman–Crippen LogP) is 2.02. The van der Waals surface area contributed by atoms with E-state index in [1.165, 1.54) is 0 Å². The lowest BCUT2D eigenvalue weighted by molar-refractivity contribution is -0.305. The summed E-state index contributed by atoms with van der Waals surface area (Å²) < 4.78 is 0. The highest BCUT2D eigenvalue weighted by Gasteiger charge is 2.13. The number of benzene rings is 2. The number of anilines is 2. The van der Waals surface area contributed by atoms with Gasteiger partial charge < -0.3 is 20.5 Å². The van der Waals surface area contributed by atoms with Gasteiger partial charge in [-0.25, -0.2) is 0 Å². The van der Waals surface area contributed by atoms with Crippen molar-refractivity contribution in [2.75, 3.05) is 10.6 Å². The molecule has 0 spiro atoms. The van der Waals surface area contributed by atoms with Gasteiger partial charge >= 0.3 is 0 Å². The summed E-state index contributed by atoms with van der Waals surface area (Å²) in [7, 11) is 0. The van der Waals surface area contributed by atoms with Gasteiger partial charge in [0.05, 0.1) is 11.3 Å². The van der Waals surface area contributed by atoms with Crippen LogP contribution < -0.4 is 15.7 Å². The van der Waals surface area contributed by atoms with Crippen molar-refractivity contribution in [2.24, 2.45) is 0 Å². The summed E-state index contributed by atoms with van der Waals surface area (Å²) in [6, 6.07) is 12.3. The van der Waals surface area contributed by atoms with E-state index in [0.717, 1.165) is 11.1 Å². The number of aryl methyl sites for hydroxylation is 2. The zero-order chi connectivity index (χ0) is 18.4. The normalized spacial score (nSPS) is 10.2. The van der Waals surface area contributed by atoms with Crippen molar-refractivity contribution in [2.45, 2.75) is 26.7 Å². The van der Waals surface area contributed by atoms with E-state index in [1.807, 2.05) is 32.0 Å². The lowest BCUT2D eigenvalue weighted by Gasteiger charge is -2.12. The second-order valence-corrected chi connectivity index (χ2v) is 5.80. The van der Waals surface area contributed by atoms with Crippen LogP contribution in [0.4, 0.5) is 11.4 Å². The zero-order valence-electron chi connectivity index (χ0n) is 14.1. The maximum Gasteiger partial charge on any atom is 0.257 e. The molecule has 0 fully saturated rings. The average molecular weight is 339 g/mol. The number of amides is 2. The first kappa shape index (κ1) is 18.2. The lowest BCUT2D eigenvalue weighted by Crippen LogP contribution is -2.24. The van der Waals surface area contributed by atoms with Crippen molar-refractivity contribution in [1.82, 2.24) is 0 Å². The zero-order valence-corrected chi connectivity index (χ0v) is 14.1. The Morgan fingerprint density at radius 3 is 2.20 bits per heavy atom. The Kier molecular flexibility index (Phi) is 5.89. The fourth-order valence-electron chi connectivity index (χ4n) is 2.46. The van der Waals surface area contributed by atoms with Gasteiger partial charge in [0, 0.05) is 18.1 Å². The summed E-state index contributed by atoms with van der Waals surface area (Å²) in [6.45, 7) is 3.88. The standard InChI is InChI=1S/C19H20N2O4/c1-12-9-13(2)11-14(10-12)20-19(25)15-5-3-4-6-16(15)21-17(22)7-8-18(23)24/h3-6,9-11H,7-8H2,1-2H3,(H,20,25)(H,21,22)(H,23,24)/p-1. The molecule has 0 bridgehead atoms. The van der Waals surface area contributed by atoms with Crippen LogP contribution in [0.5, 0.6) is 0 Å². The molecule has 0 aliphatic carbocycles. The van der Waals surface area contributed by atoms with Crippen molar-refractivity contribution in [3.8, 4) is 0 Å². The van der Waals surface area contributed by atoms with Crippen molar-refractivity contribution < 1.29 is 19.5 Å². The Morgan fingerprint density at radius 1 is 0.920 bits per heavy atom. The number of para-hydroxylation sites is 1. The molecule has 0 heterocycles. The van der Waals surface area contributed by atoms with E-state index in [0.29, 0.717) is 16.9 Å². The molecule has 0 saturated carbocycles. The van der Waals surface area contributed by atoms with E-state index in [2.05, 4.69) is 10.6 Å².